The summed E-state index contributed by atoms with van der Waals surface area (Å²) in [6.45, 7) is 10.2. The SMILES string of the molecule is CN(C)c1ccccc1N1CCC(CNC(C)(C)C)C1. The molecule has 0 amide bonds. The van der Waals surface area contributed by atoms with Crippen molar-refractivity contribution in [3.63, 3.8) is 0 Å². The van der Waals surface area contributed by atoms with E-state index in [1.165, 1.54) is 24.3 Å². The Kier molecular flexibility index (Phi) is 4.59. The van der Waals surface area contributed by atoms with E-state index in [2.05, 4.69) is 74.2 Å². The number of nitrogens with one attached hydrogen (secondary N) is 1. The van der Waals surface area contributed by atoms with Gasteiger partial charge >= 0.3 is 0 Å². The fourth-order valence-corrected chi connectivity index (χ4v) is 2.78. The van der Waals surface area contributed by atoms with Gasteiger partial charge < -0.3 is 15.1 Å². The van der Waals surface area contributed by atoms with Gasteiger partial charge in [0.2, 0.25) is 0 Å². The summed E-state index contributed by atoms with van der Waals surface area (Å²) in [7, 11) is 4.24. The van der Waals surface area contributed by atoms with Crippen molar-refractivity contribution in [3.05, 3.63) is 24.3 Å². The molecule has 3 nitrogen and oxygen atoms in total. The Morgan fingerprint density at radius 2 is 1.95 bits per heavy atom. The monoisotopic (exact) mass is 275 g/mol. The summed E-state index contributed by atoms with van der Waals surface area (Å²) in [6, 6.07) is 8.71. The van der Waals surface area contributed by atoms with Crippen LogP contribution in [0.2, 0.25) is 0 Å². The lowest BCUT2D eigenvalue weighted by Gasteiger charge is -2.26. The second-order valence-electron chi connectivity index (χ2n) is 7.11. The zero-order chi connectivity index (χ0) is 14.8. The van der Waals surface area contributed by atoms with E-state index in [9.17, 15) is 0 Å². The second-order valence-corrected chi connectivity index (χ2v) is 7.11. The van der Waals surface area contributed by atoms with Crippen LogP contribution >= 0.6 is 0 Å². The van der Waals surface area contributed by atoms with E-state index < -0.39 is 0 Å². The summed E-state index contributed by atoms with van der Waals surface area (Å²) >= 11 is 0. The van der Waals surface area contributed by atoms with Gasteiger partial charge in [-0.3, -0.25) is 0 Å². The third kappa shape index (κ3) is 3.89. The number of para-hydroxylation sites is 2. The van der Waals surface area contributed by atoms with Crippen molar-refractivity contribution in [1.82, 2.24) is 5.32 Å². The largest absolute Gasteiger partial charge is 0.376 e. The van der Waals surface area contributed by atoms with Gasteiger partial charge in [-0.25, -0.2) is 0 Å². The van der Waals surface area contributed by atoms with Crippen molar-refractivity contribution in [3.8, 4) is 0 Å². The van der Waals surface area contributed by atoms with Gasteiger partial charge in [0, 0.05) is 39.3 Å². The molecule has 1 aromatic rings. The third-order valence-electron chi connectivity index (χ3n) is 3.91. The summed E-state index contributed by atoms with van der Waals surface area (Å²) in [5, 5.41) is 3.64. The molecule has 1 aliphatic heterocycles. The van der Waals surface area contributed by atoms with Crippen molar-refractivity contribution in [1.29, 1.82) is 0 Å². The maximum Gasteiger partial charge on any atom is 0.0603 e. The summed E-state index contributed by atoms with van der Waals surface area (Å²) in [5.74, 6) is 0.754. The molecule has 20 heavy (non-hydrogen) atoms. The molecule has 0 bridgehead atoms. The molecule has 2 rings (SSSR count). The highest BCUT2D eigenvalue weighted by Crippen LogP contribution is 2.31. The molecule has 1 N–H and O–H groups in total. The van der Waals surface area contributed by atoms with Gasteiger partial charge in [-0.05, 0) is 45.2 Å². The number of rotatable bonds is 4. The summed E-state index contributed by atoms with van der Waals surface area (Å²) in [6.07, 6.45) is 1.28. The molecule has 3 heteroatoms. The van der Waals surface area contributed by atoms with Crippen LogP contribution in [0.4, 0.5) is 11.4 Å². The molecule has 0 spiro atoms. The lowest BCUT2D eigenvalue weighted by Crippen LogP contribution is -2.39. The summed E-state index contributed by atoms with van der Waals surface area (Å²) < 4.78 is 0. The van der Waals surface area contributed by atoms with Crippen molar-refractivity contribution in [2.24, 2.45) is 5.92 Å². The summed E-state index contributed by atoms with van der Waals surface area (Å²) in [4.78, 5) is 4.74. The molecule has 0 saturated carbocycles. The smallest absolute Gasteiger partial charge is 0.0603 e. The standard InChI is InChI=1S/C17H29N3/c1-17(2,3)18-12-14-10-11-20(13-14)16-9-7-6-8-15(16)19(4)5/h6-9,14,18H,10-13H2,1-5H3. The van der Waals surface area contributed by atoms with E-state index >= 15 is 0 Å². The highest BCUT2D eigenvalue weighted by atomic mass is 15.2. The van der Waals surface area contributed by atoms with Crippen LogP contribution in [0.1, 0.15) is 27.2 Å². The third-order valence-corrected chi connectivity index (χ3v) is 3.91. The molecule has 1 aromatic carbocycles. The first-order valence-corrected chi connectivity index (χ1v) is 7.63. The van der Waals surface area contributed by atoms with Gasteiger partial charge in [0.1, 0.15) is 0 Å². The van der Waals surface area contributed by atoms with E-state index in [1.54, 1.807) is 0 Å². The minimum atomic E-state index is 0.217. The zero-order valence-corrected chi connectivity index (χ0v) is 13.6. The molecule has 1 atom stereocenters. The van der Waals surface area contributed by atoms with Crippen molar-refractivity contribution >= 4 is 11.4 Å². The Bertz CT molecular complexity index is 434. The first kappa shape index (κ1) is 15.2. The molecule has 112 valence electrons. The van der Waals surface area contributed by atoms with E-state index in [0.29, 0.717) is 0 Å². The van der Waals surface area contributed by atoms with Crippen molar-refractivity contribution in [2.45, 2.75) is 32.7 Å². The second kappa shape index (κ2) is 6.04. The van der Waals surface area contributed by atoms with Crippen molar-refractivity contribution in [2.75, 3.05) is 43.5 Å². The number of anilines is 2. The van der Waals surface area contributed by atoms with Crippen molar-refractivity contribution < 1.29 is 0 Å². The average molecular weight is 275 g/mol. The zero-order valence-electron chi connectivity index (χ0n) is 13.6. The normalized spacial score (nSPS) is 19.4. The highest BCUT2D eigenvalue weighted by molar-refractivity contribution is 5.71. The van der Waals surface area contributed by atoms with Crippen LogP contribution in [0.3, 0.4) is 0 Å². The maximum atomic E-state index is 3.64. The number of benzene rings is 1. The fraction of sp³-hybridized carbons (Fsp3) is 0.647. The van der Waals surface area contributed by atoms with Gasteiger partial charge in [0.15, 0.2) is 0 Å². The van der Waals surface area contributed by atoms with Gasteiger partial charge in [0.25, 0.3) is 0 Å². The fourth-order valence-electron chi connectivity index (χ4n) is 2.78. The van der Waals surface area contributed by atoms with E-state index in [1.807, 2.05) is 0 Å². The van der Waals surface area contributed by atoms with Gasteiger partial charge in [-0.2, -0.15) is 0 Å². The van der Waals surface area contributed by atoms with Gasteiger partial charge in [0.05, 0.1) is 11.4 Å². The molecule has 1 heterocycles. The molecular formula is C17H29N3. The Labute approximate surface area is 124 Å². The summed E-state index contributed by atoms with van der Waals surface area (Å²) in [5.41, 5.74) is 2.90. The Balaban J connectivity index is 1.99. The molecule has 1 unspecified atom stereocenters. The van der Waals surface area contributed by atoms with Gasteiger partial charge in [-0.15, -0.1) is 0 Å². The van der Waals surface area contributed by atoms with Crippen LogP contribution in [-0.4, -0.2) is 39.3 Å². The Morgan fingerprint density at radius 1 is 1.25 bits per heavy atom. The Hall–Kier alpha value is -1.22. The number of hydrogen-bond donors (Lipinski definition) is 1. The average Bonchev–Trinajstić information content (AvgIpc) is 2.84. The van der Waals surface area contributed by atoms with Crippen LogP contribution in [0.5, 0.6) is 0 Å². The van der Waals surface area contributed by atoms with Crippen LogP contribution < -0.4 is 15.1 Å². The van der Waals surface area contributed by atoms with Crippen LogP contribution in [-0.2, 0) is 0 Å². The molecule has 0 aliphatic carbocycles. The van der Waals surface area contributed by atoms with Crippen LogP contribution in [0.15, 0.2) is 24.3 Å². The molecule has 1 aliphatic rings. The molecule has 0 aromatic heterocycles. The lowest BCUT2D eigenvalue weighted by atomic mass is 10.1. The Morgan fingerprint density at radius 3 is 2.60 bits per heavy atom. The highest BCUT2D eigenvalue weighted by Gasteiger charge is 2.25. The first-order chi connectivity index (χ1) is 9.37. The van der Waals surface area contributed by atoms with Crippen LogP contribution in [0, 0.1) is 5.92 Å². The minimum absolute atomic E-state index is 0.217. The van der Waals surface area contributed by atoms with E-state index in [-0.39, 0.29) is 5.54 Å². The molecule has 1 fully saturated rings. The minimum Gasteiger partial charge on any atom is -0.376 e. The number of hydrogen-bond acceptors (Lipinski definition) is 3. The first-order valence-electron chi connectivity index (χ1n) is 7.63. The quantitative estimate of drug-likeness (QED) is 0.911. The van der Waals surface area contributed by atoms with E-state index in [0.717, 1.165) is 19.0 Å². The molecule has 0 radical (unpaired) electrons. The number of nitrogens with zero attached hydrogens (tertiary/aromatic N) is 2. The lowest BCUT2D eigenvalue weighted by molar-refractivity contribution is 0.383. The molecular weight excluding hydrogens is 246 g/mol. The predicted octanol–water partition coefficient (Wildman–Crippen LogP) is 2.97. The maximum absolute atomic E-state index is 3.64. The van der Waals surface area contributed by atoms with Gasteiger partial charge in [-0.1, -0.05) is 12.1 Å². The predicted molar refractivity (Wildman–Crippen MR) is 88.8 cm³/mol. The van der Waals surface area contributed by atoms with E-state index in [4.69, 9.17) is 0 Å². The molecule has 1 saturated heterocycles. The van der Waals surface area contributed by atoms with Crippen LogP contribution in [0.25, 0.3) is 0 Å². The topological polar surface area (TPSA) is 18.5 Å².